The van der Waals surface area contributed by atoms with Crippen molar-refractivity contribution in [1.29, 1.82) is 0 Å². The van der Waals surface area contributed by atoms with Crippen LogP contribution in [0.1, 0.15) is 47.5 Å². The summed E-state index contributed by atoms with van der Waals surface area (Å²) in [7, 11) is 0. The number of ether oxygens (including phenoxy) is 1. The summed E-state index contributed by atoms with van der Waals surface area (Å²) < 4.78 is 5.26. The highest BCUT2D eigenvalue weighted by Crippen LogP contribution is 2.49. The third-order valence-electron chi connectivity index (χ3n) is 6.27. The highest BCUT2D eigenvalue weighted by atomic mass is 32.1. The molecule has 1 aromatic rings. The molecule has 2 bridgehead atoms. The van der Waals surface area contributed by atoms with Gasteiger partial charge in [0.15, 0.2) is 0 Å². The number of rotatable bonds is 5. The lowest BCUT2D eigenvalue weighted by molar-refractivity contribution is -0.146. The predicted octanol–water partition coefficient (Wildman–Crippen LogP) is 3.51. The molecule has 3 aliphatic carbocycles. The number of esters is 1. The smallest absolute Gasteiger partial charge is 0.341 e. The number of carboxylic acid groups (broad SMARTS) is 1. The quantitative estimate of drug-likeness (QED) is 0.580. The van der Waals surface area contributed by atoms with Crippen molar-refractivity contribution in [2.75, 3.05) is 11.9 Å². The maximum absolute atomic E-state index is 13.1. The highest BCUT2D eigenvalue weighted by Gasteiger charge is 2.51. The lowest BCUT2D eigenvalue weighted by Crippen LogP contribution is -2.36. The molecule has 3 aliphatic rings. The number of amides is 1. The van der Waals surface area contributed by atoms with Gasteiger partial charge in [0.25, 0.3) is 0 Å². The Hall–Kier alpha value is -2.15. The second-order valence-electron chi connectivity index (χ2n) is 8.10. The third-order valence-corrected chi connectivity index (χ3v) is 7.48. The number of aliphatic carboxylic acids is 1. The van der Waals surface area contributed by atoms with Gasteiger partial charge in [-0.05, 0) is 55.9 Å². The average Bonchev–Trinajstić information content (AvgIpc) is 3.33. The predicted molar refractivity (Wildman–Crippen MR) is 105 cm³/mol. The fourth-order valence-electron chi connectivity index (χ4n) is 4.98. The van der Waals surface area contributed by atoms with Gasteiger partial charge in [0.2, 0.25) is 5.91 Å². The molecule has 150 valence electrons. The van der Waals surface area contributed by atoms with Crippen molar-refractivity contribution in [3.8, 4) is 0 Å². The summed E-state index contributed by atoms with van der Waals surface area (Å²) in [6.07, 6.45) is 7.33. The first-order chi connectivity index (χ1) is 13.4. The molecule has 0 aliphatic heterocycles. The first-order valence-corrected chi connectivity index (χ1v) is 10.8. The summed E-state index contributed by atoms with van der Waals surface area (Å²) in [5.41, 5.74) is 1.45. The van der Waals surface area contributed by atoms with E-state index in [9.17, 15) is 19.5 Å². The Morgan fingerprint density at radius 2 is 1.96 bits per heavy atom. The van der Waals surface area contributed by atoms with Crippen molar-refractivity contribution in [1.82, 2.24) is 0 Å². The van der Waals surface area contributed by atoms with Crippen LogP contribution in [0.2, 0.25) is 0 Å². The van der Waals surface area contributed by atoms with Gasteiger partial charge in [-0.25, -0.2) is 4.79 Å². The second kappa shape index (κ2) is 7.35. The number of aryl methyl sites for hydroxylation is 1. The molecule has 1 amide bonds. The van der Waals surface area contributed by atoms with Crippen molar-refractivity contribution in [2.45, 2.75) is 39.5 Å². The van der Waals surface area contributed by atoms with Crippen LogP contribution >= 0.6 is 11.3 Å². The van der Waals surface area contributed by atoms with E-state index in [1.807, 2.05) is 12.2 Å². The zero-order chi connectivity index (χ0) is 20.0. The van der Waals surface area contributed by atoms with Crippen LogP contribution in [0.4, 0.5) is 5.00 Å². The van der Waals surface area contributed by atoms with Gasteiger partial charge in [-0.15, -0.1) is 11.3 Å². The van der Waals surface area contributed by atoms with E-state index in [4.69, 9.17) is 4.74 Å². The number of fused-ring (bicyclic) bond motifs is 3. The van der Waals surface area contributed by atoms with E-state index in [0.717, 1.165) is 29.7 Å². The fraction of sp³-hybridized carbons (Fsp3) is 0.571. The van der Waals surface area contributed by atoms with Crippen LogP contribution in [0.5, 0.6) is 0 Å². The molecule has 5 unspecified atom stereocenters. The topological polar surface area (TPSA) is 92.7 Å². The Kier molecular flexibility index (Phi) is 5.04. The van der Waals surface area contributed by atoms with E-state index >= 15 is 0 Å². The number of thiophene rings is 1. The van der Waals surface area contributed by atoms with E-state index in [2.05, 4.69) is 12.2 Å². The molecule has 2 N–H and O–H groups in total. The van der Waals surface area contributed by atoms with Crippen molar-refractivity contribution in [3.05, 3.63) is 28.2 Å². The minimum atomic E-state index is -0.929. The Morgan fingerprint density at radius 3 is 2.64 bits per heavy atom. The summed E-state index contributed by atoms with van der Waals surface area (Å²) in [4.78, 5) is 38.6. The molecule has 0 aromatic carbocycles. The van der Waals surface area contributed by atoms with Gasteiger partial charge in [-0.3, -0.25) is 9.59 Å². The van der Waals surface area contributed by atoms with Crippen molar-refractivity contribution >= 4 is 34.2 Å². The highest BCUT2D eigenvalue weighted by molar-refractivity contribution is 7.17. The van der Waals surface area contributed by atoms with Crippen molar-refractivity contribution in [3.63, 3.8) is 0 Å². The molecule has 5 atom stereocenters. The minimum absolute atomic E-state index is 0.0493. The normalized spacial score (nSPS) is 30.1. The van der Waals surface area contributed by atoms with Gasteiger partial charge in [-0.2, -0.15) is 0 Å². The Labute approximate surface area is 168 Å². The van der Waals surface area contributed by atoms with Crippen molar-refractivity contribution < 1.29 is 24.2 Å². The molecule has 6 nitrogen and oxygen atoms in total. The summed E-state index contributed by atoms with van der Waals surface area (Å²) in [5, 5.41) is 13.0. The van der Waals surface area contributed by atoms with Crippen LogP contribution in [0, 0.1) is 29.6 Å². The Morgan fingerprint density at radius 1 is 1.25 bits per heavy atom. The molecular formula is C21H25NO5S. The number of carbonyl (C=O) groups excluding carboxylic acids is 2. The van der Waals surface area contributed by atoms with Crippen LogP contribution in [-0.2, 0) is 27.2 Å². The van der Waals surface area contributed by atoms with Crippen LogP contribution in [0.3, 0.4) is 0 Å². The maximum Gasteiger partial charge on any atom is 0.341 e. The molecule has 28 heavy (non-hydrogen) atoms. The lowest BCUT2D eigenvalue weighted by atomic mass is 9.82. The van der Waals surface area contributed by atoms with Crippen molar-refractivity contribution in [2.24, 2.45) is 29.6 Å². The molecule has 0 saturated heterocycles. The number of hydrogen-bond acceptors (Lipinski definition) is 5. The Bertz CT molecular complexity index is 857. The van der Waals surface area contributed by atoms with Crippen LogP contribution < -0.4 is 5.32 Å². The van der Waals surface area contributed by atoms with Gasteiger partial charge in [0.1, 0.15) is 5.00 Å². The van der Waals surface area contributed by atoms with E-state index < -0.39 is 23.8 Å². The van der Waals surface area contributed by atoms with E-state index in [1.54, 1.807) is 6.92 Å². The molecule has 4 rings (SSSR count). The molecule has 1 heterocycles. The van der Waals surface area contributed by atoms with Gasteiger partial charge >= 0.3 is 11.9 Å². The Balaban J connectivity index is 1.64. The number of anilines is 1. The van der Waals surface area contributed by atoms with Crippen LogP contribution in [0.15, 0.2) is 12.2 Å². The zero-order valence-corrected chi connectivity index (χ0v) is 16.9. The summed E-state index contributed by atoms with van der Waals surface area (Å²) in [6, 6.07) is 0. The monoisotopic (exact) mass is 403 g/mol. The summed E-state index contributed by atoms with van der Waals surface area (Å²) in [6.45, 7) is 4.19. The molecule has 1 aromatic heterocycles. The number of hydrogen-bond donors (Lipinski definition) is 2. The SMILES string of the molecule is CCOC(=O)c1c(NC(=O)C2C3C=CC(C3)C2C(=O)O)sc2c1CC(C)CC2. The fourth-order valence-corrected chi connectivity index (χ4v) is 6.21. The summed E-state index contributed by atoms with van der Waals surface area (Å²) >= 11 is 1.44. The van der Waals surface area contributed by atoms with Gasteiger partial charge < -0.3 is 15.2 Å². The molecule has 0 radical (unpaired) electrons. The number of allylic oxidation sites excluding steroid dienone is 2. The standard InChI is InChI=1S/C21H25NO5S/c1-3-27-21(26)17-13-8-10(2)4-7-14(13)28-19(17)22-18(23)15-11-5-6-12(9-11)16(15)20(24)25/h5-6,10-12,15-16H,3-4,7-9H2,1-2H3,(H,22,23)(H,24,25). The van der Waals surface area contributed by atoms with E-state index in [1.165, 1.54) is 11.3 Å². The molecular weight excluding hydrogens is 378 g/mol. The first-order valence-electron chi connectivity index (χ1n) is 9.94. The number of nitrogens with one attached hydrogen (secondary N) is 1. The average molecular weight is 404 g/mol. The molecule has 0 spiro atoms. The van der Waals surface area contributed by atoms with Gasteiger partial charge in [0.05, 0.1) is 24.0 Å². The first kappa shape index (κ1) is 19.2. The zero-order valence-electron chi connectivity index (χ0n) is 16.1. The molecule has 7 heteroatoms. The number of carboxylic acids is 1. The van der Waals surface area contributed by atoms with E-state index in [-0.39, 0.29) is 24.3 Å². The third kappa shape index (κ3) is 3.15. The largest absolute Gasteiger partial charge is 0.481 e. The van der Waals surface area contributed by atoms with Gasteiger partial charge in [0, 0.05) is 4.88 Å². The van der Waals surface area contributed by atoms with Crippen LogP contribution in [0.25, 0.3) is 0 Å². The number of carbonyl (C=O) groups is 3. The van der Waals surface area contributed by atoms with Gasteiger partial charge in [-0.1, -0.05) is 19.1 Å². The second-order valence-corrected chi connectivity index (χ2v) is 9.21. The molecule has 1 fully saturated rings. The van der Waals surface area contributed by atoms with Crippen LogP contribution in [-0.4, -0.2) is 29.6 Å². The van der Waals surface area contributed by atoms with E-state index in [0.29, 0.717) is 22.9 Å². The minimum Gasteiger partial charge on any atom is -0.481 e. The summed E-state index contributed by atoms with van der Waals surface area (Å²) in [5.74, 6) is -2.59. The lowest BCUT2D eigenvalue weighted by Gasteiger charge is -2.23. The molecule has 1 saturated carbocycles. The maximum atomic E-state index is 13.1.